The van der Waals surface area contributed by atoms with Crippen LogP contribution in [0, 0.1) is 0 Å². The molecule has 27 heavy (non-hydrogen) atoms. The highest BCUT2D eigenvalue weighted by molar-refractivity contribution is 5.92. The number of carbonyl (C=O) groups excluding carboxylic acids is 2. The molecule has 140 valence electrons. The largest absolute Gasteiger partial charge is 0.480 e. The highest BCUT2D eigenvalue weighted by Crippen LogP contribution is 2.44. The monoisotopic (exact) mass is 368 g/mol. The van der Waals surface area contributed by atoms with Crippen LogP contribution in [0.25, 0.3) is 11.1 Å². The third-order valence-electron chi connectivity index (χ3n) is 4.58. The number of fused-ring (bicyclic) bond motifs is 3. The molecule has 4 N–H and O–H groups in total. The van der Waals surface area contributed by atoms with Crippen molar-refractivity contribution in [1.82, 2.24) is 5.32 Å². The Bertz CT molecular complexity index is 835. The van der Waals surface area contributed by atoms with Crippen molar-refractivity contribution >= 4 is 18.0 Å². The summed E-state index contributed by atoms with van der Waals surface area (Å²) in [6.07, 6.45) is -1.08. The molecule has 0 saturated heterocycles. The van der Waals surface area contributed by atoms with Gasteiger partial charge in [0.25, 0.3) is 0 Å². The Morgan fingerprint density at radius 1 is 1.04 bits per heavy atom. The molecule has 0 fully saturated rings. The number of ether oxygens (including phenoxy) is 1. The Balaban J connectivity index is 1.58. The minimum absolute atomic E-state index is 0.0577. The van der Waals surface area contributed by atoms with Gasteiger partial charge in [-0.15, -0.1) is 0 Å². The van der Waals surface area contributed by atoms with Crippen molar-refractivity contribution in [3.05, 3.63) is 59.7 Å². The van der Waals surface area contributed by atoms with Crippen molar-refractivity contribution in [1.29, 1.82) is 0 Å². The maximum absolute atomic E-state index is 11.9. The van der Waals surface area contributed by atoms with Gasteiger partial charge in [0.2, 0.25) is 5.91 Å². The smallest absolute Gasteiger partial charge is 0.413 e. The highest BCUT2D eigenvalue weighted by Gasteiger charge is 2.29. The van der Waals surface area contributed by atoms with Gasteiger partial charge in [0.05, 0.1) is 0 Å². The first-order valence-corrected chi connectivity index (χ1v) is 8.60. The Morgan fingerprint density at radius 2 is 1.59 bits per heavy atom. The molecule has 0 aliphatic heterocycles. The predicted molar refractivity (Wildman–Crippen MR) is 98.1 cm³/mol. The number of rotatable bonds is 6. The minimum atomic E-state index is -1.19. The molecule has 2 aromatic carbocycles. The fourth-order valence-electron chi connectivity index (χ4n) is 3.22. The number of hydrogen-bond donors (Lipinski definition) is 3. The standard InChI is InChI=1S/C20H20N2O5/c21-17(19(24)25)9-10-18(23)22-20(26)27-11-16-14-7-3-1-5-12(14)13-6-2-4-8-15(13)16/h1-8,16-17H,9-11,21H2,(H,24,25)(H,22,23,26). The van der Waals surface area contributed by atoms with Crippen LogP contribution in [0.2, 0.25) is 0 Å². The number of benzene rings is 2. The number of imide groups is 1. The topological polar surface area (TPSA) is 119 Å². The molecular weight excluding hydrogens is 348 g/mol. The molecule has 2 aromatic rings. The first-order valence-electron chi connectivity index (χ1n) is 8.60. The van der Waals surface area contributed by atoms with Gasteiger partial charge in [0.1, 0.15) is 12.6 Å². The number of aliphatic carboxylic acids is 1. The van der Waals surface area contributed by atoms with Gasteiger partial charge < -0.3 is 15.6 Å². The van der Waals surface area contributed by atoms with E-state index in [1.54, 1.807) is 0 Å². The van der Waals surface area contributed by atoms with Gasteiger partial charge >= 0.3 is 12.1 Å². The van der Waals surface area contributed by atoms with Crippen molar-refractivity contribution in [3.63, 3.8) is 0 Å². The average molecular weight is 368 g/mol. The van der Waals surface area contributed by atoms with Crippen LogP contribution < -0.4 is 11.1 Å². The molecular formula is C20H20N2O5. The van der Waals surface area contributed by atoms with Crippen molar-refractivity contribution in [2.24, 2.45) is 5.73 Å². The van der Waals surface area contributed by atoms with E-state index in [1.165, 1.54) is 0 Å². The van der Waals surface area contributed by atoms with Crippen molar-refractivity contribution in [2.45, 2.75) is 24.8 Å². The third kappa shape index (κ3) is 4.15. The molecule has 0 aromatic heterocycles. The van der Waals surface area contributed by atoms with Crippen LogP contribution in [-0.2, 0) is 14.3 Å². The van der Waals surface area contributed by atoms with Crippen molar-refractivity contribution in [2.75, 3.05) is 6.61 Å². The lowest BCUT2D eigenvalue weighted by Gasteiger charge is -2.14. The quantitative estimate of drug-likeness (QED) is 0.719. The SMILES string of the molecule is NC(CCC(=O)NC(=O)OCC1c2ccccc2-c2ccccc21)C(=O)O. The maximum Gasteiger partial charge on any atom is 0.413 e. The molecule has 0 heterocycles. The van der Waals surface area contributed by atoms with E-state index in [0.717, 1.165) is 22.3 Å². The molecule has 1 aliphatic carbocycles. The van der Waals surface area contributed by atoms with Crippen molar-refractivity contribution < 1.29 is 24.2 Å². The maximum atomic E-state index is 11.9. The van der Waals surface area contributed by atoms with E-state index in [9.17, 15) is 14.4 Å². The minimum Gasteiger partial charge on any atom is -0.480 e. The molecule has 0 radical (unpaired) electrons. The van der Waals surface area contributed by atoms with Gasteiger partial charge in [-0.2, -0.15) is 0 Å². The van der Waals surface area contributed by atoms with E-state index in [1.807, 2.05) is 48.5 Å². The van der Waals surface area contributed by atoms with E-state index in [-0.39, 0.29) is 25.4 Å². The average Bonchev–Trinajstić information content (AvgIpc) is 2.98. The zero-order chi connectivity index (χ0) is 19.4. The normalized spacial score (nSPS) is 13.4. The van der Waals surface area contributed by atoms with Crippen LogP contribution >= 0.6 is 0 Å². The lowest BCUT2D eigenvalue weighted by molar-refractivity contribution is -0.138. The number of nitrogens with two attached hydrogens (primary N) is 1. The van der Waals surface area contributed by atoms with E-state index in [0.29, 0.717) is 0 Å². The summed E-state index contributed by atoms with van der Waals surface area (Å²) in [6, 6.07) is 14.7. The number of carboxylic acid groups (broad SMARTS) is 1. The van der Waals surface area contributed by atoms with Crippen LogP contribution in [0.5, 0.6) is 0 Å². The summed E-state index contributed by atoms with van der Waals surface area (Å²) in [5, 5.41) is 10.8. The van der Waals surface area contributed by atoms with E-state index in [4.69, 9.17) is 15.6 Å². The van der Waals surface area contributed by atoms with Crippen LogP contribution in [0.3, 0.4) is 0 Å². The molecule has 1 aliphatic rings. The molecule has 1 atom stereocenters. The summed E-state index contributed by atoms with van der Waals surface area (Å²) in [5.41, 5.74) is 9.70. The summed E-state index contributed by atoms with van der Waals surface area (Å²) in [5.74, 6) is -1.91. The van der Waals surface area contributed by atoms with Gasteiger partial charge in [-0.3, -0.25) is 14.9 Å². The first-order chi connectivity index (χ1) is 13.0. The summed E-state index contributed by atoms with van der Waals surface area (Å²) in [4.78, 5) is 34.3. The Kier molecular flexibility index (Phi) is 5.52. The number of hydrogen-bond acceptors (Lipinski definition) is 5. The van der Waals surface area contributed by atoms with Gasteiger partial charge in [-0.25, -0.2) is 4.79 Å². The zero-order valence-corrected chi connectivity index (χ0v) is 14.6. The molecule has 3 rings (SSSR count). The number of alkyl carbamates (subject to hydrolysis) is 1. The van der Waals surface area contributed by atoms with E-state index < -0.39 is 24.0 Å². The second kappa shape index (κ2) is 8.01. The summed E-state index contributed by atoms with van der Waals surface area (Å²) >= 11 is 0. The highest BCUT2D eigenvalue weighted by atomic mass is 16.5. The Labute approximate surface area is 156 Å². The fourth-order valence-corrected chi connectivity index (χ4v) is 3.22. The number of carboxylic acids is 1. The third-order valence-corrected chi connectivity index (χ3v) is 4.58. The number of carbonyl (C=O) groups is 3. The molecule has 1 unspecified atom stereocenters. The van der Waals surface area contributed by atoms with Crippen LogP contribution in [0.15, 0.2) is 48.5 Å². The lowest BCUT2D eigenvalue weighted by atomic mass is 9.98. The van der Waals surface area contributed by atoms with Crippen LogP contribution in [0.1, 0.15) is 29.9 Å². The van der Waals surface area contributed by atoms with Gasteiger partial charge in [0, 0.05) is 12.3 Å². The van der Waals surface area contributed by atoms with Crippen molar-refractivity contribution in [3.8, 4) is 11.1 Å². The number of nitrogens with one attached hydrogen (secondary N) is 1. The predicted octanol–water partition coefficient (Wildman–Crippen LogP) is 2.24. The molecule has 2 amide bonds. The summed E-state index contributed by atoms with van der Waals surface area (Å²) in [7, 11) is 0. The Morgan fingerprint density at radius 3 is 2.15 bits per heavy atom. The first kappa shape index (κ1) is 18.6. The molecule has 0 bridgehead atoms. The van der Waals surface area contributed by atoms with Crippen LogP contribution in [-0.4, -0.2) is 35.7 Å². The molecule has 7 heteroatoms. The van der Waals surface area contributed by atoms with E-state index >= 15 is 0 Å². The number of amides is 2. The second-order valence-corrected chi connectivity index (χ2v) is 6.36. The molecule has 0 saturated carbocycles. The van der Waals surface area contributed by atoms with Gasteiger partial charge in [-0.05, 0) is 28.7 Å². The molecule has 0 spiro atoms. The Hall–Kier alpha value is -3.19. The fraction of sp³-hybridized carbons (Fsp3) is 0.250. The van der Waals surface area contributed by atoms with Crippen LogP contribution in [0.4, 0.5) is 4.79 Å². The van der Waals surface area contributed by atoms with Gasteiger partial charge in [0.15, 0.2) is 0 Å². The zero-order valence-electron chi connectivity index (χ0n) is 14.6. The van der Waals surface area contributed by atoms with E-state index in [2.05, 4.69) is 5.32 Å². The molecule has 7 nitrogen and oxygen atoms in total. The van der Waals surface area contributed by atoms with Gasteiger partial charge in [-0.1, -0.05) is 48.5 Å². The summed E-state index contributed by atoms with van der Waals surface area (Å²) in [6.45, 7) is 0.0990. The summed E-state index contributed by atoms with van der Waals surface area (Å²) < 4.78 is 5.25. The lowest BCUT2D eigenvalue weighted by Crippen LogP contribution is -2.35. The second-order valence-electron chi connectivity index (χ2n) is 6.36.